The Hall–Kier alpha value is -4.13. The van der Waals surface area contributed by atoms with E-state index in [-0.39, 0.29) is 17.8 Å². The summed E-state index contributed by atoms with van der Waals surface area (Å²) in [4.78, 5) is 34.1. The third kappa shape index (κ3) is 3.08. The number of benzene rings is 3. The van der Waals surface area contributed by atoms with Crippen LogP contribution in [0.5, 0.6) is 0 Å². The van der Waals surface area contributed by atoms with Crippen molar-refractivity contribution in [3.05, 3.63) is 99.2 Å². The van der Waals surface area contributed by atoms with E-state index in [4.69, 9.17) is 4.98 Å². The summed E-state index contributed by atoms with van der Waals surface area (Å²) < 4.78 is 4.82. The molecule has 0 fully saturated rings. The molecule has 3 heterocycles. The molecule has 7 heteroatoms. The van der Waals surface area contributed by atoms with Gasteiger partial charge in [-0.15, -0.1) is 0 Å². The average molecular weight is 452 g/mol. The molecule has 1 atom stereocenters. The van der Waals surface area contributed by atoms with Crippen LogP contribution in [0.1, 0.15) is 12.5 Å². The molecule has 7 nitrogen and oxygen atoms in total. The highest BCUT2D eigenvalue weighted by atomic mass is 16.2. The highest BCUT2D eigenvalue weighted by Crippen LogP contribution is 2.32. The Kier molecular flexibility index (Phi) is 4.65. The maximum atomic E-state index is 13.8. The van der Waals surface area contributed by atoms with Crippen molar-refractivity contribution in [2.75, 3.05) is 11.4 Å². The molecule has 0 spiro atoms. The molecule has 0 amide bonds. The van der Waals surface area contributed by atoms with Crippen molar-refractivity contribution in [1.29, 1.82) is 0 Å². The molecule has 5 aromatic rings. The quantitative estimate of drug-likeness (QED) is 0.418. The Balaban J connectivity index is 1.57. The van der Waals surface area contributed by atoms with Gasteiger partial charge in [0.25, 0.3) is 5.56 Å². The summed E-state index contributed by atoms with van der Waals surface area (Å²) in [6.07, 6.45) is 0. The third-order valence-corrected chi connectivity index (χ3v) is 6.72. The van der Waals surface area contributed by atoms with Gasteiger partial charge in [0.2, 0.25) is 5.95 Å². The van der Waals surface area contributed by atoms with Gasteiger partial charge in [-0.3, -0.25) is 13.9 Å². The first-order chi connectivity index (χ1) is 16.5. The SMILES string of the molecule is C[C@H]1CN(c2ccccc2)c2nc3c(c(=O)n(Cc4cccc5ccccc45)c(=O)n3C)n2C1. The van der Waals surface area contributed by atoms with Crippen molar-refractivity contribution in [2.45, 2.75) is 20.0 Å². The van der Waals surface area contributed by atoms with Crippen molar-refractivity contribution in [1.82, 2.24) is 18.7 Å². The third-order valence-electron chi connectivity index (χ3n) is 6.72. The van der Waals surface area contributed by atoms with Gasteiger partial charge in [-0.25, -0.2) is 4.79 Å². The number of anilines is 2. The van der Waals surface area contributed by atoms with Gasteiger partial charge in [-0.2, -0.15) is 4.98 Å². The fourth-order valence-corrected chi connectivity index (χ4v) is 5.07. The Morgan fingerprint density at radius 1 is 0.912 bits per heavy atom. The molecule has 170 valence electrons. The summed E-state index contributed by atoms with van der Waals surface area (Å²) in [6.45, 7) is 3.85. The number of hydrogen-bond donors (Lipinski definition) is 0. The van der Waals surface area contributed by atoms with Gasteiger partial charge < -0.3 is 9.47 Å². The van der Waals surface area contributed by atoms with Gasteiger partial charge in [0.1, 0.15) is 0 Å². The molecular weight excluding hydrogens is 426 g/mol. The van der Waals surface area contributed by atoms with E-state index in [1.54, 1.807) is 7.05 Å². The zero-order valence-corrected chi connectivity index (χ0v) is 19.2. The minimum atomic E-state index is -0.361. The molecule has 0 N–H and O–H groups in total. The van der Waals surface area contributed by atoms with E-state index in [1.165, 1.54) is 9.13 Å². The number of rotatable bonds is 3. The summed E-state index contributed by atoms with van der Waals surface area (Å²) in [6, 6.07) is 24.1. The van der Waals surface area contributed by atoms with Crippen LogP contribution in [0.4, 0.5) is 11.6 Å². The Morgan fingerprint density at radius 2 is 1.65 bits per heavy atom. The molecule has 1 aliphatic rings. The largest absolute Gasteiger partial charge is 0.332 e. The lowest BCUT2D eigenvalue weighted by atomic mass is 10.0. The highest BCUT2D eigenvalue weighted by Gasteiger charge is 2.29. The van der Waals surface area contributed by atoms with Crippen LogP contribution in [0.15, 0.2) is 82.4 Å². The molecule has 0 radical (unpaired) electrons. The van der Waals surface area contributed by atoms with Gasteiger partial charge in [-0.1, -0.05) is 67.6 Å². The molecule has 0 aliphatic carbocycles. The first kappa shape index (κ1) is 20.5. The van der Waals surface area contributed by atoms with Gasteiger partial charge in [0.15, 0.2) is 11.2 Å². The molecule has 0 saturated carbocycles. The predicted octanol–water partition coefficient (Wildman–Crippen LogP) is 3.89. The Labute approximate surface area is 196 Å². The van der Waals surface area contributed by atoms with Crippen LogP contribution >= 0.6 is 0 Å². The van der Waals surface area contributed by atoms with Crippen LogP contribution in [0.25, 0.3) is 21.9 Å². The second-order valence-corrected chi connectivity index (χ2v) is 9.12. The Morgan fingerprint density at radius 3 is 2.47 bits per heavy atom. The van der Waals surface area contributed by atoms with E-state index >= 15 is 0 Å². The highest BCUT2D eigenvalue weighted by molar-refractivity contribution is 5.85. The summed E-state index contributed by atoms with van der Waals surface area (Å²) >= 11 is 0. The van der Waals surface area contributed by atoms with Crippen molar-refractivity contribution in [3.8, 4) is 0 Å². The maximum Gasteiger partial charge on any atom is 0.332 e. The van der Waals surface area contributed by atoms with Crippen LogP contribution in [-0.2, 0) is 20.1 Å². The topological polar surface area (TPSA) is 65.1 Å². The molecular formula is C27H25N5O2. The normalized spacial score (nSPS) is 15.7. The smallest absolute Gasteiger partial charge is 0.312 e. The first-order valence-corrected chi connectivity index (χ1v) is 11.5. The monoisotopic (exact) mass is 451 g/mol. The fraction of sp³-hybridized carbons (Fsp3) is 0.222. The average Bonchev–Trinajstić information content (AvgIpc) is 3.25. The van der Waals surface area contributed by atoms with E-state index in [0.29, 0.717) is 29.6 Å². The number of fused-ring (bicyclic) bond motifs is 4. The molecule has 34 heavy (non-hydrogen) atoms. The standard InChI is InChI=1S/C27H25N5O2/c1-18-15-30(21-12-4-3-5-13-21)26-28-24-23(31(26)16-18)25(33)32(27(34)29(24)2)17-20-11-8-10-19-9-6-7-14-22(19)20/h3-14,18H,15-17H2,1-2H3/t18-/m0/s1. The molecule has 1 aliphatic heterocycles. The molecule has 2 aromatic heterocycles. The molecule has 0 unspecified atom stereocenters. The molecule has 3 aromatic carbocycles. The minimum Gasteiger partial charge on any atom is -0.312 e. The van der Waals surface area contributed by atoms with E-state index in [1.807, 2.05) is 77.4 Å². The van der Waals surface area contributed by atoms with Gasteiger partial charge >= 0.3 is 5.69 Å². The van der Waals surface area contributed by atoms with Crippen LogP contribution in [0.2, 0.25) is 0 Å². The van der Waals surface area contributed by atoms with E-state index in [9.17, 15) is 9.59 Å². The van der Waals surface area contributed by atoms with Crippen molar-refractivity contribution in [3.63, 3.8) is 0 Å². The zero-order valence-electron chi connectivity index (χ0n) is 19.2. The number of nitrogens with zero attached hydrogens (tertiary/aromatic N) is 5. The number of para-hydroxylation sites is 1. The summed E-state index contributed by atoms with van der Waals surface area (Å²) in [5.74, 6) is 1.02. The summed E-state index contributed by atoms with van der Waals surface area (Å²) in [7, 11) is 1.69. The predicted molar refractivity (Wildman–Crippen MR) is 135 cm³/mol. The van der Waals surface area contributed by atoms with Crippen LogP contribution in [0, 0.1) is 5.92 Å². The number of imidazole rings is 1. The summed E-state index contributed by atoms with van der Waals surface area (Å²) in [5.41, 5.74) is 2.20. The van der Waals surface area contributed by atoms with Gasteiger partial charge in [0.05, 0.1) is 6.54 Å². The zero-order chi connectivity index (χ0) is 23.4. The van der Waals surface area contributed by atoms with Crippen molar-refractivity contribution in [2.24, 2.45) is 13.0 Å². The number of aryl methyl sites for hydroxylation is 1. The van der Waals surface area contributed by atoms with E-state index in [0.717, 1.165) is 28.6 Å². The lowest BCUT2D eigenvalue weighted by Crippen LogP contribution is -2.40. The number of aromatic nitrogens is 4. The van der Waals surface area contributed by atoms with Crippen LogP contribution < -0.4 is 16.1 Å². The maximum absolute atomic E-state index is 13.8. The Bertz CT molecular complexity index is 1660. The molecule has 0 saturated heterocycles. The lowest BCUT2D eigenvalue weighted by Gasteiger charge is -2.32. The number of hydrogen-bond acceptors (Lipinski definition) is 4. The lowest BCUT2D eigenvalue weighted by molar-refractivity contribution is 0.458. The second kappa shape index (κ2) is 7.73. The van der Waals surface area contributed by atoms with E-state index in [2.05, 4.69) is 11.8 Å². The molecule has 6 rings (SSSR count). The fourth-order valence-electron chi connectivity index (χ4n) is 5.07. The minimum absolute atomic E-state index is 0.210. The second-order valence-electron chi connectivity index (χ2n) is 9.12. The van der Waals surface area contributed by atoms with Crippen LogP contribution in [0.3, 0.4) is 0 Å². The first-order valence-electron chi connectivity index (χ1n) is 11.5. The van der Waals surface area contributed by atoms with E-state index < -0.39 is 0 Å². The van der Waals surface area contributed by atoms with Crippen LogP contribution in [-0.4, -0.2) is 25.2 Å². The van der Waals surface area contributed by atoms with Crippen molar-refractivity contribution >= 4 is 33.6 Å². The summed E-state index contributed by atoms with van der Waals surface area (Å²) in [5, 5.41) is 2.12. The van der Waals surface area contributed by atoms with Crippen molar-refractivity contribution < 1.29 is 0 Å². The van der Waals surface area contributed by atoms with Gasteiger partial charge in [-0.05, 0) is 34.4 Å². The van der Waals surface area contributed by atoms with Gasteiger partial charge in [0, 0.05) is 25.8 Å². The molecule has 0 bridgehead atoms.